The first-order valence-corrected chi connectivity index (χ1v) is 10.8. The Morgan fingerprint density at radius 2 is 1.79 bits per heavy atom. The maximum atomic E-state index is 12.6. The van der Waals surface area contributed by atoms with Crippen LogP contribution in [0.15, 0.2) is 0 Å². The number of carbonyl (C=O) groups excluding carboxylic acids is 3. The molecule has 0 saturated carbocycles. The van der Waals surface area contributed by atoms with Crippen molar-refractivity contribution in [2.45, 2.75) is 58.9 Å². The van der Waals surface area contributed by atoms with Gasteiger partial charge in [0, 0.05) is 10.9 Å². The van der Waals surface area contributed by atoms with Crippen molar-refractivity contribution in [3.8, 4) is 0 Å². The quantitative estimate of drug-likeness (QED) is 0.443. The van der Waals surface area contributed by atoms with E-state index in [4.69, 9.17) is 4.74 Å². The normalized spacial score (nSPS) is 14.8. The number of hydrogen-bond donors (Lipinski definition) is 3. The second-order valence-corrected chi connectivity index (χ2v) is 8.59. The topological polar surface area (TPSA) is 88.9 Å². The summed E-state index contributed by atoms with van der Waals surface area (Å²) in [7, 11) is 1.37. The van der Waals surface area contributed by atoms with Crippen LogP contribution in [-0.2, 0) is 27.2 Å². The highest BCUT2D eigenvalue weighted by molar-refractivity contribution is 7.17. The molecule has 1 unspecified atom stereocenters. The van der Waals surface area contributed by atoms with Gasteiger partial charge in [-0.2, -0.15) is 0 Å². The van der Waals surface area contributed by atoms with Crippen molar-refractivity contribution in [1.29, 1.82) is 0 Å². The number of methoxy groups -OCH3 is 1. The van der Waals surface area contributed by atoms with Crippen LogP contribution < -0.4 is 15.5 Å². The molecule has 1 atom stereocenters. The van der Waals surface area contributed by atoms with Gasteiger partial charge in [0.05, 0.1) is 19.2 Å². The molecule has 7 nitrogen and oxygen atoms in total. The summed E-state index contributed by atoms with van der Waals surface area (Å²) in [6, 6.07) is 0.0727. The molecule has 1 aromatic rings. The molecule has 2 rings (SSSR count). The summed E-state index contributed by atoms with van der Waals surface area (Å²) in [6.07, 6.45) is 5.06. The van der Waals surface area contributed by atoms with Crippen molar-refractivity contribution >= 4 is 34.1 Å². The van der Waals surface area contributed by atoms with Gasteiger partial charge in [-0.25, -0.2) is 4.79 Å². The van der Waals surface area contributed by atoms with Crippen LogP contribution in [-0.4, -0.2) is 50.6 Å². The molecular formula is C20H32N3O4S+. The van der Waals surface area contributed by atoms with Crippen molar-refractivity contribution in [2.75, 3.05) is 32.1 Å². The van der Waals surface area contributed by atoms with Gasteiger partial charge >= 0.3 is 5.97 Å². The van der Waals surface area contributed by atoms with E-state index in [2.05, 4.69) is 10.6 Å². The second-order valence-electron chi connectivity index (χ2n) is 7.49. The van der Waals surface area contributed by atoms with Gasteiger partial charge in [0.1, 0.15) is 5.00 Å². The molecule has 0 aliphatic heterocycles. The summed E-state index contributed by atoms with van der Waals surface area (Å²) < 4.78 is 4.97. The number of ether oxygens (including phenoxy) is 1. The Hall–Kier alpha value is -1.93. The number of rotatable bonds is 8. The third-order valence-electron chi connectivity index (χ3n) is 4.83. The fourth-order valence-electron chi connectivity index (χ4n) is 3.46. The number of carbonyl (C=O) groups is 3. The molecule has 8 heteroatoms. The van der Waals surface area contributed by atoms with Crippen molar-refractivity contribution in [1.82, 2.24) is 5.32 Å². The number of quaternary nitrogens is 1. The summed E-state index contributed by atoms with van der Waals surface area (Å²) in [6.45, 7) is 6.83. The number of aryl methyl sites for hydroxylation is 1. The third-order valence-corrected chi connectivity index (χ3v) is 6.04. The van der Waals surface area contributed by atoms with Gasteiger partial charge < -0.3 is 20.3 Å². The average molecular weight is 411 g/mol. The predicted molar refractivity (Wildman–Crippen MR) is 110 cm³/mol. The fourth-order valence-corrected chi connectivity index (χ4v) is 4.75. The third kappa shape index (κ3) is 6.04. The Balaban J connectivity index is 2.10. The van der Waals surface area contributed by atoms with Gasteiger partial charge in [-0.05, 0) is 52.0 Å². The summed E-state index contributed by atoms with van der Waals surface area (Å²) in [5.41, 5.74) is 1.54. The number of esters is 1. The fraction of sp³-hybridized carbons (Fsp3) is 0.650. The lowest BCUT2D eigenvalue weighted by atomic mass is 10.1. The van der Waals surface area contributed by atoms with Crippen LogP contribution in [0.3, 0.4) is 0 Å². The molecule has 1 heterocycles. The lowest BCUT2D eigenvalue weighted by molar-refractivity contribution is -0.881. The molecule has 2 amide bonds. The second kappa shape index (κ2) is 10.6. The molecule has 0 fully saturated rings. The highest BCUT2D eigenvalue weighted by Crippen LogP contribution is 2.37. The summed E-state index contributed by atoms with van der Waals surface area (Å²) in [5, 5.41) is 6.33. The van der Waals surface area contributed by atoms with Crippen LogP contribution >= 0.6 is 11.3 Å². The summed E-state index contributed by atoms with van der Waals surface area (Å²) in [5.74, 6) is -0.667. The maximum absolute atomic E-state index is 12.6. The Labute approximate surface area is 170 Å². The molecular weight excluding hydrogens is 378 g/mol. The molecule has 0 radical (unpaired) electrons. The monoisotopic (exact) mass is 410 g/mol. The standard InChI is InChI=1S/C20H31N3O4S/c1-5-23(11-16(24)21-13(2)3)12-17(25)22-19-18(20(26)27-4)14-9-7-6-8-10-15(14)28-19/h13H,5-12H2,1-4H3,(H,21,24)(H,22,25)/p+1. The van der Waals surface area contributed by atoms with Gasteiger partial charge in [0.25, 0.3) is 11.8 Å². The van der Waals surface area contributed by atoms with E-state index in [1.54, 1.807) is 0 Å². The lowest BCUT2D eigenvalue weighted by Gasteiger charge is -2.17. The SMILES string of the molecule is CC[NH+](CC(=O)Nc1sc2c(c1C(=O)OC)CCCCC2)CC(=O)NC(C)C. The van der Waals surface area contributed by atoms with Crippen molar-refractivity contribution < 1.29 is 24.0 Å². The Morgan fingerprint density at radius 1 is 1.11 bits per heavy atom. The van der Waals surface area contributed by atoms with E-state index in [1.165, 1.54) is 23.3 Å². The van der Waals surface area contributed by atoms with Crippen molar-refractivity contribution in [2.24, 2.45) is 0 Å². The molecule has 0 saturated heterocycles. The summed E-state index contributed by atoms with van der Waals surface area (Å²) in [4.78, 5) is 39.0. The van der Waals surface area contributed by atoms with Crippen LogP contribution in [0.4, 0.5) is 5.00 Å². The molecule has 0 spiro atoms. The molecule has 0 bridgehead atoms. The van der Waals surface area contributed by atoms with E-state index in [0.29, 0.717) is 17.1 Å². The van der Waals surface area contributed by atoms with E-state index in [9.17, 15) is 14.4 Å². The zero-order valence-corrected chi connectivity index (χ0v) is 18.1. The Bertz CT molecular complexity index is 715. The van der Waals surface area contributed by atoms with E-state index in [-0.39, 0.29) is 30.9 Å². The van der Waals surface area contributed by atoms with Gasteiger partial charge in [-0.1, -0.05) is 6.42 Å². The predicted octanol–water partition coefficient (Wildman–Crippen LogP) is 1.17. The molecule has 1 aliphatic rings. The first-order chi connectivity index (χ1) is 13.3. The zero-order valence-electron chi connectivity index (χ0n) is 17.3. The number of likely N-dealkylation sites (N-methyl/N-ethyl adjacent to an activating group) is 1. The molecule has 1 aromatic heterocycles. The van der Waals surface area contributed by atoms with Crippen LogP contribution in [0.2, 0.25) is 0 Å². The largest absolute Gasteiger partial charge is 0.465 e. The van der Waals surface area contributed by atoms with Gasteiger partial charge in [0.15, 0.2) is 13.1 Å². The molecule has 0 aromatic carbocycles. The average Bonchev–Trinajstić information content (AvgIpc) is 2.80. The van der Waals surface area contributed by atoms with Crippen molar-refractivity contribution in [3.05, 3.63) is 16.0 Å². The molecule has 156 valence electrons. The highest BCUT2D eigenvalue weighted by atomic mass is 32.1. The van der Waals surface area contributed by atoms with Gasteiger partial charge in [-0.3, -0.25) is 9.59 Å². The molecule has 3 N–H and O–H groups in total. The Kier molecular flexibility index (Phi) is 8.44. The first kappa shape index (κ1) is 22.4. The number of fused-ring (bicyclic) bond motifs is 1. The van der Waals surface area contributed by atoms with E-state index in [1.807, 2.05) is 20.8 Å². The number of hydrogen-bond acceptors (Lipinski definition) is 5. The highest BCUT2D eigenvalue weighted by Gasteiger charge is 2.27. The minimum Gasteiger partial charge on any atom is -0.465 e. The number of anilines is 1. The van der Waals surface area contributed by atoms with E-state index < -0.39 is 5.97 Å². The summed E-state index contributed by atoms with van der Waals surface area (Å²) >= 11 is 1.48. The van der Waals surface area contributed by atoms with Crippen LogP contribution in [0.25, 0.3) is 0 Å². The van der Waals surface area contributed by atoms with Crippen LogP contribution in [0, 0.1) is 0 Å². The zero-order chi connectivity index (χ0) is 20.7. The van der Waals surface area contributed by atoms with Gasteiger partial charge in [-0.15, -0.1) is 11.3 Å². The van der Waals surface area contributed by atoms with E-state index >= 15 is 0 Å². The number of nitrogens with one attached hydrogen (secondary N) is 3. The van der Waals surface area contributed by atoms with Crippen molar-refractivity contribution in [3.63, 3.8) is 0 Å². The van der Waals surface area contributed by atoms with Crippen LogP contribution in [0.1, 0.15) is 60.8 Å². The number of thiophene rings is 1. The van der Waals surface area contributed by atoms with Crippen LogP contribution in [0.5, 0.6) is 0 Å². The smallest absolute Gasteiger partial charge is 0.341 e. The maximum Gasteiger partial charge on any atom is 0.341 e. The minimum atomic E-state index is -0.397. The Morgan fingerprint density at radius 3 is 2.43 bits per heavy atom. The van der Waals surface area contributed by atoms with E-state index in [0.717, 1.165) is 42.6 Å². The molecule has 1 aliphatic carbocycles. The van der Waals surface area contributed by atoms with Gasteiger partial charge in [0.2, 0.25) is 0 Å². The molecule has 28 heavy (non-hydrogen) atoms. The lowest BCUT2D eigenvalue weighted by Crippen LogP contribution is -3.14. The minimum absolute atomic E-state index is 0.0715. The number of amides is 2. The first-order valence-electron chi connectivity index (χ1n) is 10.0.